The number of nitrogens with zero attached hydrogens (tertiary/aromatic N) is 1. The van der Waals surface area contributed by atoms with Crippen LogP contribution in [0.2, 0.25) is 19.6 Å². The molecular weight excluding hydrogens is 474 g/mol. The van der Waals surface area contributed by atoms with Crippen LogP contribution >= 0.6 is 0 Å². The highest BCUT2D eigenvalue weighted by Crippen LogP contribution is 2.36. The van der Waals surface area contributed by atoms with Crippen molar-refractivity contribution in [2.24, 2.45) is 0 Å². The highest BCUT2D eigenvalue weighted by molar-refractivity contribution is 6.69. The lowest BCUT2D eigenvalue weighted by atomic mass is 10.0. The summed E-state index contributed by atoms with van der Waals surface area (Å²) in [5.41, 5.74) is -0.797. The first-order valence-electron chi connectivity index (χ1n) is 12.1. The Morgan fingerprint density at radius 3 is 2.03 bits per heavy atom. The van der Waals surface area contributed by atoms with Crippen LogP contribution in [0.4, 0.5) is 4.79 Å². The van der Waals surface area contributed by atoms with Crippen molar-refractivity contribution in [2.45, 2.75) is 116 Å². The van der Waals surface area contributed by atoms with Crippen molar-refractivity contribution in [3.63, 3.8) is 0 Å². The second kappa shape index (κ2) is 9.51. The van der Waals surface area contributed by atoms with Crippen LogP contribution in [0.3, 0.4) is 0 Å². The Morgan fingerprint density at radius 1 is 1.09 bits per heavy atom. The monoisotopic (exact) mass is 515 g/mol. The average Bonchev–Trinajstić information content (AvgIpc) is 3.31. The molecule has 5 atom stereocenters. The van der Waals surface area contributed by atoms with Crippen molar-refractivity contribution in [1.29, 1.82) is 0 Å². The zero-order valence-electron chi connectivity index (χ0n) is 22.5. The smallest absolute Gasteiger partial charge is 0.417 e. The minimum Gasteiger partial charge on any atom is -0.443 e. The quantitative estimate of drug-likeness (QED) is 0.533. The van der Waals surface area contributed by atoms with Crippen LogP contribution in [-0.4, -0.2) is 91.2 Å². The van der Waals surface area contributed by atoms with E-state index in [1.165, 1.54) is 0 Å². The van der Waals surface area contributed by atoms with Crippen molar-refractivity contribution in [3.8, 4) is 0 Å². The van der Waals surface area contributed by atoms with Crippen LogP contribution < -0.4 is 0 Å². The van der Waals surface area contributed by atoms with E-state index in [4.69, 9.17) is 28.1 Å². The summed E-state index contributed by atoms with van der Waals surface area (Å²) in [6.07, 6.45) is -2.58. The summed E-state index contributed by atoms with van der Waals surface area (Å²) < 4.78 is 35.3. The molecule has 0 radical (unpaired) electrons. The first kappa shape index (κ1) is 28.2. The second-order valence-electron chi connectivity index (χ2n) is 12.1. The summed E-state index contributed by atoms with van der Waals surface area (Å²) in [6, 6.07) is -0.869. The molecule has 0 saturated carbocycles. The second-order valence-corrected chi connectivity index (χ2v) is 16.6. The number of ether oxygens (including phenoxy) is 5. The third-order valence-corrected chi connectivity index (χ3v) is 6.61. The molecule has 0 aromatic heterocycles. The molecule has 3 aliphatic rings. The summed E-state index contributed by atoms with van der Waals surface area (Å²) in [4.78, 5) is 27.9. The molecule has 0 bridgehead atoms. The fraction of sp³-hybridized carbons (Fsp3) is 0.833. The molecule has 3 aliphatic heterocycles. The number of hydrogen-bond acceptors (Lipinski definition) is 9. The van der Waals surface area contributed by atoms with Gasteiger partial charge in [0.1, 0.15) is 23.9 Å². The Balaban J connectivity index is 2.00. The summed E-state index contributed by atoms with van der Waals surface area (Å²) in [7, 11) is -2.19. The zero-order valence-corrected chi connectivity index (χ0v) is 23.5. The maximum atomic E-state index is 13.6. The lowest BCUT2D eigenvalue weighted by Gasteiger charge is -2.37. The average molecular weight is 516 g/mol. The van der Waals surface area contributed by atoms with Gasteiger partial charge >= 0.3 is 6.09 Å². The third-order valence-electron chi connectivity index (χ3n) is 5.63. The fourth-order valence-corrected chi connectivity index (χ4v) is 5.42. The number of rotatable bonds is 6. The van der Waals surface area contributed by atoms with Crippen molar-refractivity contribution in [2.75, 3.05) is 13.2 Å². The van der Waals surface area contributed by atoms with Gasteiger partial charge in [-0.15, -0.1) is 0 Å². The largest absolute Gasteiger partial charge is 0.443 e. The molecule has 0 aromatic rings. The molecule has 35 heavy (non-hydrogen) atoms. The van der Waals surface area contributed by atoms with Gasteiger partial charge in [-0.3, -0.25) is 4.79 Å². The fourth-order valence-electron chi connectivity index (χ4n) is 4.31. The topological polar surface area (TPSA) is 113 Å². The van der Waals surface area contributed by atoms with E-state index in [1.54, 1.807) is 54.5 Å². The molecule has 3 rings (SSSR count). The number of aliphatic hydroxyl groups is 1. The Kier molecular flexibility index (Phi) is 7.67. The van der Waals surface area contributed by atoms with E-state index in [1.807, 2.05) is 19.6 Å². The standard InChI is InChI=1S/C24H41NO9Si/c1-22(2,3)33-21(28)25-15(19(34-35(8,9)10)17-13-30-24(6,7)32-17)11-14(20(25)27)18(26)16-12-29-23(4,5)31-16/h11,15-19,26H,12-13H2,1-10H3/t15-,16-,17-,18-,19+/m0/s1. The van der Waals surface area contributed by atoms with Crippen molar-refractivity contribution >= 4 is 20.3 Å². The summed E-state index contributed by atoms with van der Waals surface area (Å²) in [5.74, 6) is -2.38. The molecule has 0 unspecified atom stereocenters. The normalized spacial score (nSPS) is 30.4. The van der Waals surface area contributed by atoms with E-state index in [0.29, 0.717) is 0 Å². The number of hydrogen-bond donors (Lipinski definition) is 1. The lowest BCUT2D eigenvalue weighted by Crippen LogP contribution is -2.55. The molecule has 1 N–H and O–H groups in total. The Morgan fingerprint density at radius 2 is 1.60 bits per heavy atom. The number of imide groups is 1. The van der Waals surface area contributed by atoms with E-state index in [9.17, 15) is 14.7 Å². The van der Waals surface area contributed by atoms with E-state index in [0.717, 1.165) is 4.90 Å². The molecule has 2 fully saturated rings. The Labute approximate surface area is 208 Å². The van der Waals surface area contributed by atoms with Gasteiger partial charge in [0.2, 0.25) is 0 Å². The molecule has 2 saturated heterocycles. The van der Waals surface area contributed by atoms with E-state index >= 15 is 0 Å². The number of amides is 2. The molecule has 0 spiro atoms. The minimum atomic E-state index is -2.19. The molecule has 0 aromatic carbocycles. The van der Waals surface area contributed by atoms with Gasteiger partial charge in [0.15, 0.2) is 19.9 Å². The molecular formula is C24H41NO9Si. The highest BCUT2D eigenvalue weighted by Gasteiger charge is 2.52. The zero-order chi connectivity index (χ0) is 26.6. The molecule has 3 heterocycles. The van der Waals surface area contributed by atoms with E-state index in [2.05, 4.69) is 0 Å². The predicted octanol–water partition coefficient (Wildman–Crippen LogP) is 2.94. The Hall–Kier alpha value is -1.34. The van der Waals surface area contributed by atoms with Crippen LogP contribution in [0.15, 0.2) is 11.6 Å². The Bertz CT molecular complexity index is 858. The summed E-state index contributed by atoms with van der Waals surface area (Å²) >= 11 is 0. The van der Waals surface area contributed by atoms with E-state index in [-0.39, 0.29) is 18.8 Å². The van der Waals surface area contributed by atoms with Crippen molar-refractivity contribution in [1.82, 2.24) is 4.90 Å². The number of aliphatic hydroxyl groups excluding tert-OH is 1. The van der Waals surface area contributed by atoms with Crippen LogP contribution in [0.25, 0.3) is 0 Å². The molecule has 200 valence electrons. The number of carbonyl (C=O) groups excluding carboxylic acids is 2. The van der Waals surface area contributed by atoms with Gasteiger partial charge in [0.05, 0.1) is 25.4 Å². The molecule has 2 amide bonds. The van der Waals surface area contributed by atoms with Gasteiger partial charge in [-0.1, -0.05) is 0 Å². The first-order valence-corrected chi connectivity index (χ1v) is 15.5. The molecule has 0 aliphatic carbocycles. The van der Waals surface area contributed by atoms with Crippen molar-refractivity contribution in [3.05, 3.63) is 11.6 Å². The van der Waals surface area contributed by atoms with E-state index < -0.39 is 68.0 Å². The maximum Gasteiger partial charge on any atom is 0.417 e. The highest BCUT2D eigenvalue weighted by atomic mass is 28.4. The summed E-state index contributed by atoms with van der Waals surface area (Å²) in [6.45, 7) is 18.6. The summed E-state index contributed by atoms with van der Waals surface area (Å²) in [5, 5.41) is 11.1. The van der Waals surface area contributed by atoms with Crippen LogP contribution in [-0.2, 0) is 32.9 Å². The first-order chi connectivity index (χ1) is 15.8. The van der Waals surface area contributed by atoms with Gasteiger partial charge in [0, 0.05) is 5.57 Å². The van der Waals surface area contributed by atoms with Gasteiger partial charge in [0.25, 0.3) is 5.91 Å². The van der Waals surface area contributed by atoms with Crippen LogP contribution in [0.5, 0.6) is 0 Å². The van der Waals surface area contributed by atoms with Gasteiger partial charge in [-0.2, -0.15) is 0 Å². The molecule has 10 nitrogen and oxygen atoms in total. The van der Waals surface area contributed by atoms with Gasteiger partial charge in [-0.25, -0.2) is 9.69 Å². The maximum absolute atomic E-state index is 13.6. The number of carbonyl (C=O) groups is 2. The minimum absolute atomic E-state index is 0.0366. The van der Waals surface area contributed by atoms with Crippen LogP contribution in [0.1, 0.15) is 48.5 Å². The third kappa shape index (κ3) is 6.91. The SMILES string of the molecule is CC(C)(C)OC(=O)N1C(=O)C([C@H](O)[C@@H]2COC(C)(C)O2)=C[C@H]1[C@@H](O[Si](C)(C)C)[C@@H]1COC(C)(C)O1. The van der Waals surface area contributed by atoms with Gasteiger partial charge < -0.3 is 33.2 Å². The van der Waals surface area contributed by atoms with Gasteiger partial charge in [-0.05, 0) is 74.2 Å². The lowest BCUT2D eigenvalue weighted by molar-refractivity contribution is -0.154. The van der Waals surface area contributed by atoms with Crippen molar-refractivity contribution < 1.29 is 42.8 Å². The van der Waals surface area contributed by atoms with Crippen LogP contribution in [0, 0.1) is 0 Å². The predicted molar refractivity (Wildman–Crippen MR) is 129 cm³/mol. The molecule has 11 heteroatoms.